The van der Waals surface area contributed by atoms with Gasteiger partial charge in [-0.05, 0) is 26.0 Å². The normalized spacial score (nSPS) is 11.9. The molecule has 90 valence electrons. The van der Waals surface area contributed by atoms with E-state index in [0.717, 1.165) is 0 Å². The quantitative estimate of drug-likeness (QED) is 0.780. The van der Waals surface area contributed by atoms with Crippen LogP contribution in [0.1, 0.15) is 13.8 Å². The molecular weight excluding hydrogens is 339 g/mol. The SMILES string of the molecule is CC(C)Oc1c(Cl)cc(Br)cc1S(=O)(=O)Cl. The minimum atomic E-state index is -3.89. The molecule has 1 aromatic rings. The summed E-state index contributed by atoms with van der Waals surface area (Å²) in [5, 5.41) is 0.197. The lowest BCUT2D eigenvalue weighted by molar-refractivity contribution is 0.236. The first-order valence-corrected chi connectivity index (χ1v) is 7.80. The molecule has 0 saturated heterocycles. The second-order valence-electron chi connectivity index (χ2n) is 3.32. The van der Waals surface area contributed by atoms with Crippen molar-refractivity contribution in [1.82, 2.24) is 0 Å². The summed E-state index contributed by atoms with van der Waals surface area (Å²) >= 11 is 9.05. The molecule has 0 unspecified atom stereocenters. The van der Waals surface area contributed by atoms with E-state index < -0.39 is 9.05 Å². The molecule has 7 heteroatoms. The maximum absolute atomic E-state index is 11.3. The van der Waals surface area contributed by atoms with Gasteiger partial charge in [0.1, 0.15) is 4.90 Å². The fraction of sp³-hybridized carbons (Fsp3) is 0.333. The number of hydrogen-bond donors (Lipinski definition) is 0. The Bertz CT molecular complexity index is 500. The second-order valence-corrected chi connectivity index (χ2v) is 7.18. The van der Waals surface area contributed by atoms with Crippen LogP contribution in [0, 0.1) is 0 Å². The smallest absolute Gasteiger partial charge is 0.265 e. The van der Waals surface area contributed by atoms with Crippen molar-refractivity contribution < 1.29 is 13.2 Å². The van der Waals surface area contributed by atoms with Crippen molar-refractivity contribution >= 4 is 47.3 Å². The topological polar surface area (TPSA) is 43.4 Å². The third-order valence-corrected chi connectivity index (χ3v) is 3.66. The summed E-state index contributed by atoms with van der Waals surface area (Å²) in [6.45, 7) is 3.53. The summed E-state index contributed by atoms with van der Waals surface area (Å²) < 4.78 is 28.6. The first kappa shape index (κ1) is 14.1. The van der Waals surface area contributed by atoms with Crippen LogP contribution >= 0.6 is 38.2 Å². The highest BCUT2D eigenvalue weighted by Gasteiger charge is 2.21. The van der Waals surface area contributed by atoms with Gasteiger partial charge in [-0.25, -0.2) is 8.42 Å². The Labute approximate surface area is 112 Å². The van der Waals surface area contributed by atoms with E-state index in [1.807, 2.05) is 0 Å². The van der Waals surface area contributed by atoms with Crippen LogP contribution < -0.4 is 4.74 Å². The fourth-order valence-electron chi connectivity index (χ4n) is 1.07. The lowest BCUT2D eigenvalue weighted by Gasteiger charge is -2.14. The molecule has 0 aliphatic heterocycles. The lowest BCUT2D eigenvalue weighted by Crippen LogP contribution is -2.09. The number of rotatable bonds is 3. The van der Waals surface area contributed by atoms with E-state index in [0.29, 0.717) is 4.47 Å². The average molecular weight is 348 g/mol. The first-order valence-electron chi connectivity index (χ1n) is 4.32. The molecule has 0 aromatic heterocycles. The van der Waals surface area contributed by atoms with Gasteiger partial charge in [-0.1, -0.05) is 27.5 Å². The summed E-state index contributed by atoms with van der Waals surface area (Å²) in [5.41, 5.74) is 0. The maximum Gasteiger partial charge on any atom is 0.265 e. The molecule has 0 saturated carbocycles. The van der Waals surface area contributed by atoms with Crippen LogP contribution in [0.25, 0.3) is 0 Å². The predicted octanol–water partition coefficient (Wildman–Crippen LogP) is 3.82. The molecule has 0 heterocycles. The molecule has 1 rings (SSSR count). The Morgan fingerprint density at radius 3 is 2.38 bits per heavy atom. The van der Waals surface area contributed by atoms with Gasteiger partial charge >= 0.3 is 0 Å². The van der Waals surface area contributed by atoms with Gasteiger partial charge in [-0.15, -0.1) is 0 Å². The van der Waals surface area contributed by atoms with Gasteiger partial charge < -0.3 is 4.74 Å². The molecular formula is C9H9BrCl2O3S. The average Bonchev–Trinajstić information content (AvgIpc) is 2.06. The van der Waals surface area contributed by atoms with E-state index in [9.17, 15) is 8.42 Å². The van der Waals surface area contributed by atoms with Crippen molar-refractivity contribution in [1.29, 1.82) is 0 Å². The van der Waals surface area contributed by atoms with Gasteiger partial charge in [-0.2, -0.15) is 0 Å². The van der Waals surface area contributed by atoms with E-state index in [4.69, 9.17) is 27.0 Å². The third kappa shape index (κ3) is 3.52. The van der Waals surface area contributed by atoms with Crippen LogP contribution in [-0.2, 0) is 9.05 Å². The highest BCUT2D eigenvalue weighted by molar-refractivity contribution is 9.10. The zero-order valence-corrected chi connectivity index (χ0v) is 12.4. The predicted molar refractivity (Wildman–Crippen MR) is 68.0 cm³/mol. The minimum Gasteiger partial charge on any atom is -0.488 e. The summed E-state index contributed by atoms with van der Waals surface area (Å²) in [6, 6.07) is 2.90. The van der Waals surface area contributed by atoms with Crippen LogP contribution in [0.3, 0.4) is 0 Å². The molecule has 0 spiro atoms. The fourth-order valence-corrected chi connectivity index (χ4v) is 3.12. The van der Waals surface area contributed by atoms with E-state index in [1.54, 1.807) is 19.9 Å². The molecule has 0 bridgehead atoms. The van der Waals surface area contributed by atoms with Gasteiger partial charge in [0.25, 0.3) is 9.05 Å². The number of halogens is 3. The highest BCUT2D eigenvalue weighted by Crippen LogP contribution is 2.37. The van der Waals surface area contributed by atoms with E-state index in [2.05, 4.69) is 15.9 Å². The summed E-state index contributed by atoms with van der Waals surface area (Å²) in [7, 11) is 1.41. The van der Waals surface area contributed by atoms with Crippen molar-refractivity contribution in [2.75, 3.05) is 0 Å². The molecule has 0 aliphatic carbocycles. The number of benzene rings is 1. The molecule has 16 heavy (non-hydrogen) atoms. The van der Waals surface area contributed by atoms with E-state index >= 15 is 0 Å². The molecule has 0 fully saturated rings. The molecule has 0 radical (unpaired) electrons. The zero-order chi connectivity index (χ0) is 12.5. The number of hydrogen-bond acceptors (Lipinski definition) is 3. The Morgan fingerprint density at radius 1 is 1.38 bits per heavy atom. The largest absolute Gasteiger partial charge is 0.488 e. The lowest BCUT2D eigenvalue weighted by atomic mass is 10.3. The van der Waals surface area contributed by atoms with Gasteiger partial charge in [0.15, 0.2) is 5.75 Å². The highest BCUT2D eigenvalue weighted by atomic mass is 79.9. The Balaban J connectivity index is 3.45. The van der Waals surface area contributed by atoms with Gasteiger partial charge in [0.2, 0.25) is 0 Å². The Kier molecular flexibility index (Phi) is 4.51. The van der Waals surface area contributed by atoms with Gasteiger partial charge in [0.05, 0.1) is 11.1 Å². The van der Waals surface area contributed by atoms with Crippen LogP contribution in [0.4, 0.5) is 0 Å². The Morgan fingerprint density at radius 2 is 1.94 bits per heavy atom. The second kappa shape index (κ2) is 5.12. The van der Waals surface area contributed by atoms with Crippen LogP contribution in [0.5, 0.6) is 5.75 Å². The Hall–Kier alpha value is 0.0300. The molecule has 3 nitrogen and oxygen atoms in total. The molecule has 0 atom stereocenters. The summed E-state index contributed by atoms with van der Waals surface area (Å²) in [6.07, 6.45) is -0.198. The van der Waals surface area contributed by atoms with Gasteiger partial charge in [-0.3, -0.25) is 0 Å². The number of ether oxygens (including phenoxy) is 1. The molecule has 1 aromatic carbocycles. The maximum atomic E-state index is 11.3. The minimum absolute atomic E-state index is 0.0786. The van der Waals surface area contributed by atoms with Gasteiger partial charge in [0, 0.05) is 15.2 Å². The van der Waals surface area contributed by atoms with Crippen molar-refractivity contribution in [2.45, 2.75) is 24.8 Å². The molecule has 0 aliphatic rings. The summed E-state index contributed by atoms with van der Waals surface area (Å²) in [4.78, 5) is -0.137. The van der Waals surface area contributed by atoms with Crippen LogP contribution in [0.2, 0.25) is 5.02 Å². The monoisotopic (exact) mass is 346 g/mol. The van der Waals surface area contributed by atoms with Crippen molar-refractivity contribution in [2.24, 2.45) is 0 Å². The molecule has 0 N–H and O–H groups in total. The summed E-state index contributed by atoms with van der Waals surface area (Å²) in [5.74, 6) is 0.0786. The van der Waals surface area contributed by atoms with E-state index in [-0.39, 0.29) is 21.8 Å². The van der Waals surface area contributed by atoms with Crippen molar-refractivity contribution in [3.63, 3.8) is 0 Å². The van der Waals surface area contributed by atoms with Crippen LogP contribution in [0.15, 0.2) is 21.5 Å². The van der Waals surface area contributed by atoms with Crippen molar-refractivity contribution in [3.05, 3.63) is 21.6 Å². The van der Waals surface area contributed by atoms with Crippen LogP contribution in [-0.4, -0.2) is 14.5 Å². The molecule has 0 amide bonds. The van der Waals surface area contributed by atoms with Crippen molar-refractivity contribution in [3.8, 4) is 5.75 Å². The first-order chi connectivity index (χ1) is 7.21. The zero-order valence-electron chi connectivity index (χ0n) is 8.50. The standard InChI is InChI=1S/C9H9BrCl2O3S/c1-5(2)15-9-7(11)3-6(10)4-8(9)16(12,13)14/h3-5H,1-2H3. The third-order valence-electron chi connectivity index (χ3n) is 1.59. The van der Waals surface area contributed by atoms with E-state index in [1.165, 1.54) is 6.07 Å².